The van der Waals surface area contributed by atoms with Crippen molar-refractivity contribution in [3.05, 3.63) is 64.4 Å². The molecule has 0 unspecified atom stereocenters. The molecule has 1 aromatic heterocycles. The Bertz CT molecular complexity index is 1140. The summed E-state index contributed by atoms with van der Waals surface area (Å²) in [5.41, 5.74) is 1.06. The average Bonchev–Trinajstić information content (AvgIpc) is 2.56. The molecule has 9 heteroatoms. The number of hydrogen-bond donors (Lipinski definition) is 1. The quantitative estimate of drug-likeness (QED) is 0.714. The Morgan fingerprint density at radius 1 is 1.15 bits per heavy atom. The Morgan fingerprint density at radius 2 is 1.92 bits per heavy atom. The lowest BCUT2D eigenvalue weighted by atomic mass is 10.2. The van der Waals surface area contributed by atoms with Crippen molar-refractivity contribution in [1.29, 1.82) is 0 Å². The molecule has 0 aliphatic rings. The monoisotopic (exact) mass is 372 g/mol. The summed E-state index contributed by atoms with van der Waals surface area (Å²) in [4.78, 5) is 24.6. The number of nitrogens with zero attached hydrogens (tertiary/aromatic N) is 3. The molecular formula is C17H16N4O4S. The van der Waals surface area contributed by atoms with Crippen LogP contribution in [-0.4, -0.2) is 35.6 Å². The molecule has 0 radical (unpaired) electrons. The van der Waals surface area contributed by atoms with Gasteiger partial charge in [0.1, 0.15) is 12.1 Å². The highest BCUT2D eigenvalue weighted by molar-refractivity contribution is 7.89. The van der Waals surface area contributed by atoms with Crippen LogP contribution in [0.15, 0.2) is 53.3 Å². The zero-order chi connectivity index (χ0) is 18.7. The fourth-order valence-electron chi connectivity index (χ4n) is 2.51. The van der Waals surface area contributed by atoms with Gasteiger partial charge in [-0.3, -0.25) is 9.59 Å². The number of fused-ring (bicyclic) bond motifs is 1. The SMILES string of the molecule is CS(=O)(=O)Cc1cccc(NC(=O)Cn2nnc3ccccc3c2=O)c1. The Balaban J connectivity index is 1.76. The predicted molar refractivity (Wildman–Crippen MR) is 97.4 cm³/mol. The zero-order valence-corrected chi connectivity index (χ0v) is 14.7. The van der Waals surface area contributed by atoms with E-state index < -0.39 is 21.3 Å². The molecule has 134 valence electrons. The summed E-state index contributed by atoms with van der Waals surface area (Å²) in [5.74, 6) is -0.583. The highest BCUT2D eigenvalue weighted by Crippen LogP contribution is 2.13. The Kier molecular flexibility index (Phi) is 4.81. The Hall–Kier alpha value is -3.07. The number of aromatic nitrogens is 3. The van der Waals surface area contributed by atoms with Gasteiger partial charge in [0, 0.05) is 11.9 Å². The summed E-state index contributed by atoms with van der Waals surface area (Å²) in [6.45, 7) is -0.299. The van der Waals surface area contributed by atoms with Crippen LogP contribution in [-0.2, 0) is 26.9 Å². The van der Waals surface area contributed by atoms with E-state index in [0.717, 1.165) is 10.9 Å². The second-order valence-corrected chi connectivity index (χ2v) is 8.03. The highest BCUT2D eigenvalue weighted by atomic mass is 32.2. The van der Waals surface area contributed by atoms with Crippen molar-refractivity contribution >= 4 is 32.3 Å². The summed E-state index contributed by atoms with van der Waals surface area (Å²) >= 11 is 0. The molecule has 1 amide bonds. The van der Waals surface area contributed by atoms with Gasteiger partial charge in [0.05, 0.1) is 11.1 Å². The summed E-state index contributed by atoms with van der Waals surface area (Å²) in [5, 5.41) is 10.7. The van der Waals surface area contributed by atoms with Crippen LogP contribution < -0.4 is 10.9 Å². The molecule has 0 atom stereocenters. The first-order chi connectivity index (χ1) is 12.3. The molecule has 0 bridgehead atoms. The Morgan fingerprint density at radius 3 is 2.69 bits per heavy atom. The van der Waals surface area contributed by atoms with E-state index in [2.05, 4.69) is 15.6 Å². The van der Waals surface area contributed by atoms with Gasteiger partial charge in [-0.1, -0.05) is 29.5 Å². The van der Waals surface area contributed by atoms with Crippen molar-refractivity contribution in [1.82, 2.24) is 15.0 Å². The van der Waals surface area contributed by atoms with Crippen molar-refractivity contribution in [3.8, 4) is 0 Å². The van der Waals surface area contributed by atoms with Crippen molar-refractivity contribution in [2.75, 3.05) is 11.6 Å². The van der Waals surface area contributed by atoms with Gasteiger partial charge >= 0.3 is 0 Å². The average molecular weight is 372 g/mol. The first kappa shape index (κ1) is 17.7. The molecular weight excluding hydrogens is 356 g/mol. The smallest absolute Gasteiger partial charge is 0.278 e. The number of nitrogens with one attached hydrogen (secondary N) is 1. The van der Waals surface area contributed by atoms with E-state index in [1.807, 2.05) is 0 Å². The van der Waals surface area contributed by atoms with E-state index in [1.165, 1.54) is 0 Å². The van der Waals surface area contributed by atoms with Crippen molar-refractivity contribution in [2.45, 2.75) is 12.3 Å². The standard InChI is InChI=1S/C17H16N4O4S/c1-26(24,25)11-12-5-4-6-13(9-12)18-16(22)10-21-17(23)14-7-2-3-8-15(14)19-20-21/h2-9H,10-11H2,1H3,(H,18,22). The number of anilines is 1. The zero-order valence-electron chi connectivity index (χ0n) is 13.9. The summed E-state index contributed by atoms with van der Waals surface area (Å²) in [7, 11) is -3.17. The van der Waals surface area contributed by atoms with Gasteiger partial charge in [-0.25, -0.2) is 13.1 Å². The number of amides is 1. The van der Waals surface area contributed by atoms with Gasteiger partial charge in [0.25, 0.3) is 5.56 Å². The molecule has 0 aliphatic heterocycles. The van der Waals surface area contributed by atoms with Gasteiger partial charge in [-0.05, 0) is 29.8 Å². The number of carbonyl (C=O) groups excluding carboxylic acids is 1. The molecule has 8 nitrogen and oxygen atoms in total. The lowest BCUT2D eigenvalue weighted by Gasteiger charge is -2.08. The molecule has 3 rings (SSSR count). The van der Waals surface area contributed by atoms with Crippen LogP contribution in [0.1, 0.15) is 5.56 Å². The second-order valence-electron chi connectivity index (χ2n) is 5.89. The van der Waals surface area contributed by atoms with Crippen LogP contribution >= 0.6 is 0 Å². The van der Waals surface area contributed by atoms with Crippen LogP contribution in [0.3, 0.4) is 0 Å². The number of carbonyl (C=O) groups is 1. The third kappa shape index (κ3) is 4.31. The van der Waals surface area contributed by atoms with Crippen molar-refractivity contribution < 1.29 is 13.2 Å². The van der Waals surface area contributed by atoms with E-state index >= 15 is 0 Å². The predicted octanol–water partition coefficient (Wildman–Crippen LogP) is 0.975. The topological polar surface area (TPSA) is 111 Å². The molecule has 0 spiro atoms. The van der Waals surface area contributed by atoms with E-state index in [-0.39, 0.29) is 12.3 Å². The summed E-state index contributed by atoms with van der Waals surface area (Å²) in [6, 6.07) is 13.3. The lowest BCUT2D eigenvalue weighted by molar-refractivity contribution is -0.117. The molecule has 26 heavy (non-hydrogen) atoms. The van der Waals surface area contributed by atoms with Crippen molar-refractivity contribution in [3.63, 3.8) is 0 Å². The number of hydrogen-bond acceptors (Lipinski definition) is 6. The summed E-state index contributed by atoms with van der Waals surface area (Å²) in [6.07, 6.45) is 1.14. The lowest BCUT2D eigenvalue weighted by Crippen LogP contribution is -2.30. The second kappa shape index (κ2) is 7.04. The minimum atomic E-state index is -3.17. The maximum atomic E-state index is 12.3. The molecule has 0 saturated carbocycles. The number of benzene rings is 2. The number of rotatable bonds is 5. The van der Waals surface area contributed by atoms with Crippen LogP contribution in [0.5, 0.6) is 0 Å². The first-order valence-electron chi connectivity index (χ1n) is 7.71. The van der Waals surface area contributed by atoms with Crippen molar-refractivity contribution in [2.24, 2.45) is 0 Å². The van der Waals surface area contributed by atoms with Crippen LogP contribution in [0.2, 0.25) is 0 Å². The minimum Gasteiger partial charge on any atom is -0.324 e. The van der Waals surface area contributed by atoms with Crippen LogP contribution in [0.25, 0.3) is 10.9 Å². The fraction of sp³-hybridized carbons (Fsp3) is 0.176. The van der Waals surface area contributed by atoms with Gasteiger partial charge in [0.15, 0.2) is 9.84 Å². The maximum absolute atomic E-state index is 12.3. The van der Waals surface area contributed by atoms with E-state index in [0.29, 0.717) is 22.2 Å². The third-order valence-electron chi connectivity index (χ3n) is 3.56. The third-order valence-corrected chi connectivity index (χ3v) is 4.42. The molecule has 3 aromatic rings. The molecule has 0 saturated heterocycles. The van der Waals surface area contributed by atoms with Crippen LogP contribution in [0.4, 0.5) is 5.69 Å². The molecule has 0 fully saturated rings. The Labute approximate surface area is 149 Å². The van der Waals surface area contributed by atoms with Gasteiger partial charge in [-0.15, -0.1) is 5.10 Å². The minimum absolute atomic E-state index is 0.119. The molecule has 1 N–H and O–H groups in total. The van der Waals surface area contributed by atoms with Gasteiger partial charge < -0.3 is 5.32 Å². The number of sulfone groups is 1. The molecule has 1 heterocycles. The largest absolute Gasteiger partial charge is 0.324 e. The van der Waals surface area contributed by atoms with Gasteiger partial charge in [-0.2, -0.15) is 0 Å². The normalized spacial score (nSPS) is 11.4. The fourth-order valence-corrected chi connectivity index (χ4v) is 3.29. The van der Waals surface area contributed by atoms with Crippen LogP contribution in [0, 0.1) is 0 Å². The van der Waals surface area contributed by atoms with E-state index in [4.69, 9.17) is 0 Å². The summed E-state index contributed by atoms with van der Waals surface area (Å²) < 4.78 is 23.7. The van der Waals surface area contributed by atoms with Gasteiger partial charge in [0.2, 0.25) is 5.91 Å². The highest BCUT2D eigenvalue weighted by Gasteiger charge is 2.11. The molecule has 2 aromatic carbocycles. The van der Waals surface area contributed by atoms with E-state index in [1.54, 1.807) is 48.5 Å². The maximum Gasteiger partial charge on any atom is 0.278 e. The molecule has 0 aliphatic carbocycles. The van der Waals surface area contributed by atoms with E-state index in [9.17, 15) is 18.0 Å². The first-order valence-corrected chi connectivity index (χ1v) is 9.77.